The van der Waals surface area contributed by atoms with Crippen molar-refractivity contribution in [2.24, 2.45) is 0 Å². The molecule has 0 radical (unpaired) electrons. The van der Waals surface area contributed by atoms with Gasteiger partial charge in [-0.15, -0.1) is 0 Å². The molecular weight excluding hydrogens is 130 g/mol. The van der Waals surface area contributed by atoms with E-state index in [4.69, 9.17) is 4.74 Å². The third-order valence-corrected chi connectivity index (χ3v) is 1.58. The highest BCUT2D eigenvalue weighted by Crippen LogP contribution is 2.08. The van der Waals surface area contributed by atoms with Gasteiger partial charge in [0, 0.05) is 6.20 Å². The van der Waals surface area contributed by atoms with Crippen LogP contribution in [0, 0.1) is 0 Å². The summed E-state index contributed by atoms with van der Waals surface area (Å²) in [7, 11) is 0. The van der Waals surface area contributed by atoms with Gasteiger partial charge in [0.05, 0.1) is 12.3 Å². The van der Waals surface area contributed by atoms with Gasteiger partial charge in [-0.1, -0.05) is 0 Å². The number of ether oxygens (including phenoxy) is 1. The second-order valence-electron chi connectivity index (χ2n) is 2.26. The Morgan fingerprint density at radius 1 is 1.50 bits per heavy atom. The van der Waals surface area contributed by atoms with E-state index in [-0.39, 0.29) is 12.5 Å². The molecule has 0 bridgehead atoms. The van der Waals surface area contributed by atoms with Crippen LogP contribution in [0.4, 0.5) is 0 Å². The van der Waals surface area contributed by atoms with E-state index in [0.29, 0.717) is 6.61 Å². The van der Waals surface area contributed by atoms with Gasteiger partial charge in [-0.2, -0.15) is 0 Å². The minimum absolute atomic E-state index is 0.0197. The molecule has 1 aliphatic heterocycles. The molecule has 3 nitrogen and oxygen atoms in total. The first kappa shape index (κ1) is 5.68. The van der Waals surface area contributed by atoms with Crippen molar-refractivity contribution in [3.05, 3.63) is 24.0 Å². The third kappa shape index (κ3) is 0.675. The van der Waals surface area contributed by atoms with Gasteiger partial charge in [0.15, 0.2) is 0 Å². The lowest BCUT2D eigenvalue weighted by Crippen LogP contribution is -2.24. The number of carbonyl (C=O) groups excluding carboxylic acids is 1. The summed E-state index contributed by atoms with van der Waals surface area (Å²) in [5.41, 5.74) is 0.941. The minimum atomic E-state index is 0.0197. The Balaban J connectivity index is 2.50. The Kier molecular flexibility index (Phi) is 1.11. The molecule has 0 unspecified atom stereocenters. The van der Waals surface area contributed by atoms with Gasteiger partial charge >= 0.3 is 0 Å². The number of carbonyl (C=O) groups is 1. The van der Waals surface area contributed by atoms with Crippen LogP contribution < -0.4 is 0 Å². The van der Waals surface area contributed by atoms with E-state index < -0.39 is 0 Å². The van der Waals surface area contributed by atoms with Crippen LogP contribution >= 0.6 is 0 Å². The quantitative estimate of drug-likeness (QED) is 0.526. The average molecular weight is 137 g/mol. The van der Waals surface area contributed by atoms with Gasteiger partial charge in [-0.25, -0.2) is 0 Å². The molecule has 0 saturated heterocycles. The van der Waals surface area contributed by atoms with Crippen molar-refractivity contribution in [1.82, 2.24) is 4.57 Å². The largest absolute Gasteiger partial charge is 0.365 e. The molecule has 1 aromatic rings. The molecular formula is C7H7NO2. The number of hydrogen-bond acceptors (Lipinski definition) is 2. The Bertz CT molecular complexity index is 264. The lowest BCUT2D eigenvalue weighted by molar-refractivity contribution is 0.0527. The van der Waals surface area contributed by atoms with Crippen molar-refractivity contribution in [3.8, 4) is 0 Å². The average Bonchev–Trinajstić information content (AvgIpc) is 2.36. The summed E-state index contributed by atoms with van der Waals surface area (Å²) in [6.07, 6.45) is 1.76. The fraction of sp³-hybridized carbons (Fsp3) is 0.286. The maximum Gasteiger partial charge on any atom is 0.256 e. The summed E-state index contributed by atoms with van der Waals surface area (Å²) in [5, 5.41) is 0. The number of nitrogens with zero attached hydrogens (tertiary/aromatic N) is 1. The first-order valence-corrected chi connectivity index (χ1v) is 3.15. The Labute approximate surface area is 58.2 Å². The zero-order valence-corrected chi connectivity index (χ0v) is 5.41. The molecule has 0 aromatic carbocycles. The fourth-order valence-corrected chi connectivity index (χ4v) is 1.09. The first-order valence-electron chi connectivity index (χ1n) is 3.15. The van der Waals surface area contributed by atoms with E-state index >= 15 is 0 Å². The van der Waals surface area contributed by atoms with E-state index in [1.54, 1.807) is 10.8 Å². The molecule has 3 heteroatoms. The first-order chi connectivity index (χ1) is 4.88. The second-order valence-corrected chi connectivity index (χ2v) is 2.26. The van der Waals surface area contributed by atoms with Crippen LogP contribution in [0.5, 0.6) is 0 Å². The Hall–Kier alpha value is -1.09. The van der Waals surface area contributed by atoms with Crippen LogP contribution in [0.25, 0.3) is 0 Å². The zero-order chi connectivity index (χ0) is 6.97. The third-order valence-electron chi connectivity index (χ3n) is 1.58. The van der Waals surface area contributed by atoms with E-state index in [1.807, 2.05) is 12.1 Å². The molecule has 1 aromatic heterocycles. The smallest absolute Gasteiger partial charge is 0.256 e. The molecule has 10 heavy (non-hydrogen) atoms. The Morgan fingerprint density at radius 2 is 2.40 bits per heavy atom. The topological polar surface area (TPSA) is 31.2 Å². The van der Waals surface area contributed by atoms with Crippen molar-refractivity contribution >= 4 is 5.91 Å². The van der Waals surface area contributed by atoms with Crippen LogP contribution in [-0.4, -0.2) is 17.1 Å². The van der Waals surface area contributed by atoms with Gasteiger partial charge < -0.3 is 4.74 Å². The van der Waals surface area contributed by atoms with Crippen molar-refractivity contribution in [2.75, 3.05) is 6.61 Å². The summed E-state index contributed by atoms with van der Waals surface area (Å²) in [6, 6.07) is 3.74. The minimum Gasteiger partial charge on any atom is -0.365 e. The number of fused-ring (bicyclic) bond motifs is 1. The highest BCUT2D eigenvalue weighted by Gasteiger charge is 2.14. The molecule has 0 atom stereocenters. The second kappa shape index (κ2) is 1.95. The fourth-order valence-electron chi connectivity index (χ4n) is 1.09. The number of hydrogen-bond donors (Lipinski definition) is 0. The van der Waals surface area contributed by atoms with Crippen LogP contribution in [0.15, 0.2) is 18.3 Å². The monoisotopic (exact) mass is 137 g/mol. The van der Waals surface area contributed by atoms with Gasteiger partial charge in [-0.05, 0) is 12.1 Å². The maximum absolute atomic E-state index is 11.0. The van der Waals surface area contributed by atoms with Crippen LogP contribution in [0.3, 0.4) is 0 Å². The molecule has 0 amide bonds. The summed E-state index contributed by atoms with van der Waals surface area (Å²) in [6.45, 7) is 0.764. The summed E-state index contributed by atoms with van der Waals surface area (Å²) >= 11 is 0. The van der Waals surface area contributed by atoms with Crippen LogP contribution in [0.2, 0.25) is 0 Å². The number of aromatic nitrogens is 1. The van der Waals surface area contributed by atoms with Crippen molar-refractivity contribution in [1.29, 1.82) is 0 Å². The predicted molar refractivity (Wildman–Crippen MR) is 34.7 cm³/mol. The molecule has 2 rings (SSSR count). The lowest BCUT2D eigenvalue weighted by atomic mass is 10.4. The number of rotatable bonds is 0. The molecule has 0 fully saturated rings. The summed E-state index contributed by atoms with van der Waals surface area (Å²) < 4.78 is 6.62. The molecule has 0 saturated carbocycles. The molecule has 2 heterocycles. The lowest BCUT2D eigenvalue weighted by Gasteiger charge is -2.13. The maximum atomic E-state index is 11.0. The molecule has 1 aliphatic rings. The molecule has 52 valence electrons. The van der Waals surface area contributed by atoms with Gasteiger partial charge in [0.1, 0.15) is 6.61 Å². The highest BCUT2D eigenvalue weighted by atomic mass is 16.5. The standard InChI is InChI=1S/C7H7NO2/c9-7-5-10-4-6-2-1-3-8(6)7/h1-3H,4-5H2. The molecule has 0 spiro atoms. The highest BCUT2D eigenvalue weighted by molar-refractivity contribution is 5.81. The van der Waals surface area contributed by atoms with E-state index in [1.165, 1.54) is 0 Å². The van der Waals surface area contributed by atoms with Gasteiger partial charge in [0.2, 0.25) is 0 Å². The molecule has 0 N–H and O–H groups in total. The zero-order valence-electron chi connectivity index (χ0n) is 5.41. The summed E-state index contributed by atoms with van der Waals surface area (Å²) in [4.78, 5) is 11.0. The predicted octanol–water partition coefficient (Wildman–Crippen LogP) is 0.658. The SMILES string of the molecule is O=C1COCc2cccn21. The van der Waals surface area contributed by atoms with Gasteiger partial charge in [0.25, 0.3) is 5.91 Å². The van der Waals surface area contributed by atoms with Crippen molar-refractivity contribution in [3.63, 3.8) is 0 Å². The molecule has 0 aliphatic carbocycles. The summed E-state index contributed by atoms with van der Waals surface area (Å²) in [5.74, 6) is 0.0197. The van der Waals surface area contributed by atoms with Gasteiger partial charge in [-0.3, -0.25) is 9.36 Å². The Morgan fingerprint density at radius 3 is 3.20 bits per heavy atom. The van der Waals surface area contributed by atoms with Crippen molar-refractivity contribution < 1.29 is 9.53 Å². The van der Waals surface area contributed by atoms with Crippen LogP contribution in [-0.2, 0) is 11.3 Å². The van der Waals surface area contributed by atoms with Crippen LogP contribution in [0.1, 0.15) is 10.5 Å². The van der Waals surface area contributed by atoms with E-state index in [0.717, 1.165) is 5.69 Å². The van der Waals surface area contributed by atoms with Crippen molar-refractivity contribution in [2.45, 2.75) is 6.61 Å². The van der Waals surface area contributed by atoms with E-state index in [2.05, 4.69) is 0 Å². The van der Waals surface area contributed by atoms with E-state index in [9.17, 15) is 4.79 Å². The normalized spacial score (nSPS) is 17.0.